The van der Waals surface area contributed by atoms with Gasteiger partial charge in [0.2, 0.25) is 0 Å². The monoisotopic (exact) mass is 219 g/mol. The van der Waals surface area contributed by atoms with E-state index in [1.807, 2.05) is 17.0 Å². The molecule has 1 heterocycles. The van der Waals surface area contributed by atoms with Crippen LogP contribution < -0.4 is 4.90 Å². The third kappa shape index (κ3) is 1.91. The predicted octanol–water partition coefficient (Wildman–Crippen LogP) is 1.25. The summed E-state index contributed by atoms with van der Waals surface area (Å²) < 4.78 is 4.65. The van der Waals surface area contributed by atoms with Crippen molar-refractivity contribution in [3.63, 3.8) is 0 Å². The molecule has 0 aromatic heterocycles. The Morgan fingerprint density at radius 1 is 1.31 bits per heavy atom. The molecule has 1 aliphatic rings. The van der Waals surface area contributed by atoms with Crippen LogP contribution >= 0.6 is 0 Å². The first-order valence-electron chi connectivity index (χ1n) is 5.09. The van der Waals surface area contributed by atoms with E-state index in [0.717, 1.165) is 5.69 Å². The molecule has 0 radical (unpaired) electrons. The molecule has 1 fully saturated rings. The van der Waals surface area contributed by atoms with Crippen LogP contribution in [0.2, 0.25) is 0 Å². The summed E-state index contributed by atoms with van der Waals surface area (Å²) in [6.45, 7) is 2.22. The lowest BCUT2D eigenvalue weighted by atomic mass is 10.1. The number of ketones is 1. The summed E-state index contributed by atoms with van der Waals surface area (Å²) in [5.74, 6) is -0.169. The van der Waals surface area contributed by atoms with E-state index in [9.17, 15) is 9.59 Å². The van der Waals surface area contributed by atoms with Crippen LogP contribution in [0.5, 0.6) is 0 Å². The number of anilines is 1. The van der Waals surface area contributed by atoms with Crippen molar-refractivity contribution < 1.29 is 14.3 Å². The summed E-state index contributed by atoms with van der Waals surface area (Å²) in [7, 11) is 1.39. The van der Waals surface area contributed by atoms with Crippen LogP contribution in [0, 0.1) is 0 Å². The van der Waals surface area contributed by atoms with Gasteiger partial charge in [0, 0.05) is 11.3 Å². The van der Waals surface area contributed by atoms with E-state index < -0.39 is 0 Å². The van der Waals surface area contributed by atoms with E-state index in [1.165, 1.54) is 14.0 Å². The van der Waals surface area contributed by atoms with Gasteiger partial charge >= 0.3 is 5.97 Å². The molecule has 1 aromatic rings. The van der Waals surface area contributed by atoms with Gasteiger partial charge in [-0.05, 0) is 31.2 Å². The molecule has 2 rings (SSSR count). The molecule has 0 saturated carbocycles. The molecule has 16 heavy (non-hydrogen) atoms. The highest BCUT2D eigenvalue weighted by Crippen LogP contribution is 2.28. The van der Waals surface area contributed by atoms with Crippen molar-refractivity contribution >= 4 is 17.4 Å². The number of rotatable bonds is 3. The minimum Gasteiger partial charge on any atom is -0.467 e. The van der Waals surface area contributed by atoms with Crippen molar-refractivity contribution in [2.24, 2.45) is 0 Å². The Labute approximate surface area is 93.8 Å². The quantitative estimate of drug-likeness (QED) is 0.436. The van der Waals surface area contributed by atoms with Crippen molar-refractivity contribution in [3.05, 3.63) is 29.8 Å². The highest BCUT2D eigenvalue weighted by atomic mass is 16.5. The Kier molecular flexibility index (Phi) is 2.64. The SMILES string of the molecule is COC(=O)C1CN1c1ccc(C(C)=O)cc1. The van der Waals surface area contributed by atoms with Crippen molar-refractivity contribution in [1.82, 2.24) is 0 Å². The first kappa shape index (κ1) is 10.7. The molecule has 1 unspecified atom stereocenters. The van der Waals surface area contributed by atoms with E-state index in [0.29, 0.717) is 12.1 Å². The van der Waals surface area contributed by atoms with Crippen molar-refractivity contribution in [3.8, 4) is 0 Å². The van der Waals surface area contributed by atoms with Gasteiger partial charge in [-0.25, -0.2) is 4.79 Å². The smallest absolute Gasteiger partial charge is 0.330 e. The number of hydrogen-bond donors (Lipinski definition) is 0. The van der Waals surface area contributed by atoms with Gasteiger partial charge in [0.05, 0.1) is 13.7 Å². The molecule has 1 saturated heterocycles. The fraction of sp³-hybridized carbons (Fsp3) is 0.333. The first-order chi connectivity index (χ1) is 7.63. The molecule has 0 N–H and O–H groups in total. The minimum atomic E-state index is -0.212. The number of esters is 1. The molecule has 1 aromatic carbocycles. The molecule has 84 valence electrons. The number of Topliss-reactive ketones (excluding diaryl/α,β-unsaturated/α-hetero) is 1. The van der Waals surface area contributed by atoms with Crippen molar-refractivity contribution in [1.29, 1.82) is 0 Å². The topological polar surface area (TPSA) is 46.4 Å². The van der Waals surface area contributed by atoms with E-state index in [2.05, 4.69) is 4.74 Å². The molecule has 0 bridgehead atoms. The van der Waals surface area contributed by atoms with E-state index in [4.69, 9.17) is 0 Å². The molecule has 4 heteroatoms. The van der Waals surface area contributed by atoms with Crippen LogP contribution in [0.1, 0.15) is 17.3 Å². The zero-order chi connectivity index (χ0) is 11.7. The molecule has 0 aliphatic carbocycles. The average molecular weight is 219 g/mol. The van der Waals surface area contributed by atoms with Gasteiger partial charge in [0.15, 0.2) is 5.78 Å². The highest BCUT2D eigenvalue weighted by Gasteiger charge is 2.41. The number of methoxy groups -OCH3 is 1. The fourth-order valence-corrected chi connectivity index (χ4v) is 1.65. The van der Waals surface area contributed by atoms with Crippen LogP contribution in [-0.4, -0.2) is 31.4 Å². The Bertz CT molecular complexity index is 424. The molecule has 1 atom stereocenters. The molecule has 0 amide bonds. The van der Waals surface area contributed by atoms with Crippen LogP contribution in [-0.2, 0) is 9.53 Å². The van der Waals surface area contributed by atoms with Crippen molar-refractivity contribution in [2.75, 3.05) is 18.6 Å². The van der Waals surface area contributed by atoms with Gasteiger partial charge in [-0.2, -0.15) is 0 Å². The third-order valence-electron chi connectivity index (χ3n) is 2.69. The summed E-state index contributed by atoms with van der Waals surface area (Å²) in [5, 5.41) is 0. The maximum Gasteiger partial charge on any atom is 0.330 e. The molecular weight excluding hydrogens is 206 g/mol. The zero-order valence-electron chi connectivity index (χ0n) is 9.27. The normalized spacial score (nSPS) is 18.1. The van der Waals surface area contributed by atoms with Crippen LogP contribution in [0.3, 0.4) is 0 Å². The number of benzene rings is 1. The zero-order valence-corrected chi connectivity index (χ0v) is 9.27. The number of ether oxygens (including phenoxy) is 1. The molecular formula is C12H13NO3. The molecule has 1 aliphatic heterocycles. The summed E-state index contributed by atoms with van der Waals surface area (Å²) in [4.78, 5) is 24.2. The van der Waals surface area contributed by atoms with Gasteiger partial charge in [0.25, 0.3) is 0 Å². The number of nitrogens with zero attached hydrogens (tertiary/aromatic N) is 1. The van der Waals surface area contributed by atoms with Gasteiger partial charge in [-0.3, -0.25) is 4.79 Å². The summed E-state index contributed by atoms with van der Waals surface area (Å²) >= 11 is 0. The first-order valence-corrected chi connectivity index (χ1v) is 5.09. The highest BCUT2D eigenvalue weighted by molar-refractivity contribution is 5.94. The summed E-state index contributed by atoms with van der Waals surface area (Å²) in [6, 6.07) is 7.07. The second-order valence-electron chi connectivity index (χ2n) is 3.79. The fourth-order valence-electron chi connectivity index (χ4n) is 1.65. The van der Waals surface area contributed by atoms with Crippen molar-refractivity contribution in [2.45, 2.75) is 13.0 Å². The van der Waals surface area contributed by atoms with E-state index >= 15 is 0 Å². The van der Waals surface area contributed by atoms with Gasteiger partial charge in [0.1, 0.15) is 6.04 Å². The lowest BCUT2D eigenvalue weighted by Crippen LogP contribution is -2.13. The minimum absolute atomic E-state index is 0.0434. The van der Waals surface area contributed by atoms with Gasteiger partial charge in [-0.1, -0.05) is 0 Å². The standard InChI is InChI=1S/C12H13NO3/c1-8(14)9-3-5-10(6-4-9)13-7-11(13)12(15)16-2/h3-6,11H,7H2,1-2H3. The van der Waals surface area contributed by atoms with Gasteiger partial charge < -0.3 is 9.64 Å². The lowest BCUT2D eigenvalue weighted by Gasteiger charge is -2.05. The van der Waals surface area contributed by atoms with E-state index in [1.54, 1.807) is 12.1 Å². The molecule has 4 nitrogen and oxygen atoms in total. The maximum absolute atomic E-state index is 11.2. The Hall–Kier alpha value is -1.84. The second-order valence-corrected chi connectivity index (χ2v) is 3.79. The lowest BCUT2D eigenvalue weighted by molar-refractivity contribution is -0.139. The Morgan fingerprint density at radius 3 is 2.44 bits per heavy atom. The van der Waals surface area contributed by atoms with Crippen LogP contribution in [0.4, 0.5) is 5.69 Å². The second kappa shape index (κ2) is 3.96. The third-order valence-corrected chi connectivity index (χ3v) is 2.69. The van der Waals surface area contributed by atoms with E-state index in [-0.39, 0.29) is 17.8 Å². The summed E-state index contributed by atoms with van der Waals surface area (Å²) in [6.07, 6.45) is 0. The molecule has 0 spiro atoms. The summed E-state index contributed by atoms with van der Waals surface area (Å²) in [5.41, 5.74) is 1.63. The van der Waals surface area contributed by atoms with Gasteiger partial charge in [-0.15, -0.1) is 0 Å². The largest absolute Gasteiger partial charge is 0.467 e. The number of hydrogen-bond acceptors (Lipinski definition) is 4. The Morgan fingerprint density at radius 2 is 1.94 bits per heavy atom. The number of carbonyl (C=O) groups excluding carboxylic acids is 2. The predicted molar refractivity (Wildman–Crippen MR) is 59.6 cm³/mol. The Balaban J connectivity index is 2.07. The number of carbonyl (C=O) groups is 2. The van der Waals surface area contributed by atoms with Crippen LogP contribution in [0.25, 0.3) is 0 Å². The van der Waals surface area contributed by atoms with Crippen LogP contribution in [0.15, 0.2) is 24.3 Å². The average Bonchev–Trinajstić information content (AvgIpc) is 3.08. The maximum atomic E-state index is 11.2.